The van der Waals surface area contributed by atoms with Crippen LogP contribution in [-0.4, -0.2) is 70.5 Å². The number of nitrogens with zero attached hydrogens (tertiary/aromatic N) is 5. The first-order valence-corrected chi connectivity index (χ1v) is 14.3. The zero-order valence-electron chi connectivity index (χ0n) is 24.3. The molecule has 6 rings (SSSR count). The number of fused-ring (bicyclic) bond motifs is 1. The van der Waals surface area contributed by atoms with E-state index in [0.29, 0.717) is 67.3 Å². The molecule has 2 aromatic heterocycles. The van der Waals surface area contributed by atoms with E-state index in [2.05, 4.69) is 32.3 Å². The highest BCUT2D eigenvalue weighted by Gasteiger charge is 2.42. The fourth-order valence-corrected chi connectivity index (χ4v) is 5.59. The van der Waals surface area contributed by atoms with Gasteiger partial charge in [-0.25, -0.2) is 4.98 Å². The van der Waals surface area contributed by atoms with Crippen molar-refractivity contribution in [1.82, 2.24) is 20.0 Å². The molecule has 1 amide bonds. The largest absolute Gasteiger partial charge is 0.394 e. The van der Waals surface area contributed by atoms with Crippen LogP contribution in [0.25, 0.3) is 11.5 Å². The molecule has 0 radical (unpaired) electrons. The van der Waals surface area contributed by atoms with E-state index in [1.165, 1.54) is 0 Å². The van der Waals surface area contributed by atoms with Crippen LogP contribution in [0.1, 0.15) is 41.4 Å². The van der Waals surface area contributed by atoms with E-state index in [9.17, 15) is 9.90 Å². The van der Waals surface area contributed by atoms with E-state index in [4.69, 9.17) is 9.26 Å². The van der Waals surface area contributed by atoms with E-state index in [0.717, 1.165) is 16.8 Å². The predicted octanol–water partition coefficient (Wildman–Crippen LogP) is 4.73. The third-order valence-corrected chi connectivity index (χ3v) is 7.97. The summed E-state index contributed by atoms with van der Waals surface area (Å²) in [4.78, 5) is 26.2. The number of anilines is 4. The van der Waals surface area contributed by atoms with Gasteiger partial charge in [0.1, 0.15) is 5.82 Å². The Morgan fingerprint density at radius 2 is 1.91 bits per heavy atom. The molecule has 11 heteroatoms. The van der Waals surface area contributed by atoms with Gasteiger partial charge in [0.15, 0.2) is 0 Å². The fourth-order valence-electron chi connectivity index (χ4n) is 5.59. The van der Waals surface area contributed by atoms with Gasteiger partial charge in [-0.05, 0) is 48.3 Å². The van der Waals surface area contributed by atoms with Gasteiger partial charge < -0.3 is 34.8 Å². The topological polar surface area (TPSA) is 129 Å². The Morgan fingerprint density at radius 3 is 2.65 bits per heavy atom. The second kappa shape index (κ2) is 11.9. The number of benzene rings is 2. The van der Waals surface area contributed by atoms with Crippen molar-refractivity contribution < 1.29 is 19.2 Å². The number of aromatic nitrogens is 3. The lowest BCUT2D eigenvalue weighted by Gasteiger charge is -2.31. The van der Waals surface area contributed by atoms with Crippen molar-refractivity contribution in [1.29, 1.82) is 0 Å². The van der Waals surface area contributed by atoms with Crippen LogP contribution < -0.4 is 15.5 Å². The highest BCUT2D eigenvalue weighted by atomic mass is 16.5. The second-order valence-corrected chi connectivity index (χ2v) is 11.1. The van der Waals surface area contributed by atoms with Gasteiger partial charge in [0.05, 0.1) is 42.7 Å². The molecule has 1 saturated heterocycles. The first kappa shape index (κ1) is 28.4. The first-order valence-electron chi connectivity index (χ1n) is 14.3. The summed E-state index contributed by atoms with van der Waals surface area (Å²) in [5.41, 5.74) is 4.12. The van der Waals surface area contributed by atoms with Crippen LogP contribution in [0.4, 0.5) is 23.1 Å². The summed E-state index contributed by atoms with van der Waals surface area (Å²) < 4.78 is 11.1. The monoisotopic (exact) mass is 581 g/mol. The minimum atomic E-state index is -0.484. The number of nitrogens with one attached hydrogen (secondary N) is 2. The van der Waals surface area contributed by atoms with Gasteiger partial charge in [0.25, 0.3) is 17.7 Å². The molecule has 0 aliphatic carbocycles. The molecule has 3 N–H and O–H groups in total. The molecule has 0 saturated carbocycles. The lowest BCUT2D eigenvalue weighted by Crippen LogP contribution is -2.39. The summed E-state index contributed by atoms with van der Waals surface area (Å²) in [6.07, 6.45) is 3.42. The molecule has 0 bridgehead atoms. The molecule has 43 heavy (non-hydrogen) atoms. The molecule has 4 heterocycles. The molecule has 1 atom stereocenters. The SMILES string of the molecule is C=CCN1C(=O)c2ccc(Nc3cc(N[C@H](CO)c4ccccc4)c(-c4nc(N5CCOCC5)no4)cn3)cc2C1(C)C. The normalized spacial score (nSPS) is 16.6. The van der Waals surface area contributed by atoms with Crippen LogP contribution in [0.15, 0.2) is 78.0 Å². The zero-order chi connectivity index (χ0) is 30.0. The van der Waals surface area contributed by atoms with Gasteiger partial charge in [0.2, 0.25) is 0 Å². The molecule has 11 nitrogen and oxygen atoms in total. The number of aliphatic hydroxyl groups excluding tert-OH is 1. The number of ether oxygens (including phenoxy) is 1. The minimum absolute atomic E-state index is 0.00706. The van der Waals surface area contributed by atoms with Crippen LogP contribution >= 0.6 is 0 Å². The number of carbonyl (C=O) groups excluding carboxylic acids is 1. The van der Waals surface area contributed by atoms with Gasteiger partial charge in [0, 0.05) is 43.1 Å². The van der Waals surface area contributed by atoms with E-state index in [1.807, 2.05) is 78.2 Å². The highest BCUT2D eigenvalue weighted by Crippen LogP contribution is 2.40. The molecule has 0 unspecified atom stereocenters. The number of rotatable bonds is 10. The van der Waals surface area contributed by atoms with Gasteiger partial charge in [-0.3, -0.25) is 4.79 Å². The molecule has 2 aliphatic heterocycles. The van der Waals surface area contributed by atoms with Crippen LogP contribution in [0, 0.1) is 0 Å². The summed E-state index contributed by atoms with van der Waals surface area (Å²) >= 11 is 0. The maximum Gasteiger partial charge on any atom is 0.266 e. The number of morpholine rings is 1. The number of pyridine rings is 1. The van der Waals surface area contributed by atoms with Crippen molar-refractivity contribution in [3.05, 3.63) is 90.1 Å². The molecule has 222 valence electrons. The molecule has 2 aliphatic rings. The van der Waals surface area contributed by atoms with Crippen molar-refractivity contribution in [2.24, 2.45) is 0 Å². The molecule has 2 aromatic carbocycles. The lowest BCUT2D eigenvalue weighted by atomic mass is 9.93. The Balaban J connectivity index is 1.33. The van der Waals surface area contributed by atoms with Crippen molar-refractivity contribution in [2.45, 2.75) is 25.4 Å². The van der Waals surface area contributed by atoms with Crippen LogP contribution in [0.5, 0.6) is 0 Å². The van der Waals surface area contributed by atoms with E-state index in [1.54, 1.807) is 12.3 Å². The van der Waals surface area contributed by atoms with Crippen molar-refractivity contribution in [3.63, 3.8) is 0 Å². The third-order valence-electron chi connectivity index (χ3n) is 7.97. The maximum absolute atomic E-state index is 13.0. The molecule has 0 spiro atoms. The summed E-state index contributed by atoms with van der Waals surface area (Å²) in [5.74, 6) is 1.36. The Morgan fingerprint density at radius 1 is 1.12 bits per heavy atom. The Labute approximate surface area is 250 Å². The average Bonchev–Trinajstić information content (AvgIpc) is 3.59. The van der Waals surface area contributed by atoms with Crippen molar-refractivity contribution in [3.8, 4) is 11.5 Å². The van der Waals surface area contributed by atoms with Gasteiger partial charge in [-0.2, -0.15) is 4.98 Å². The summed E-state index contributed by atoms with van der Waals surface area (Å²) in [6.45, 7) is 10.8. The van der Waals surface area contributed by atoms with Crippen LogP contribution in [0.3, 0.4) is 0 Å². The molecular weight excluding hydrogens is 546 g/mol. The number of hydrogen-bond donors (Lipinski definition) is 3. The summed E-state index contributed by atoms with van der Waals surface area (Å²) in [6, 6.07) is 16.9. The third kappa shape index (κ3) is 5.56. The zero-order valence-corrected chi connectivity index (χ0v) is 24.3. The standard InChI is InChI=1S/C32H35N7O4/c1-4-12-39-30(41)23-11-10-22(17-25(23)32(39,2)3)34-28-18-26(35-27(20-40)21-8-6-5-7-9-21)24(19-33-28)29-36-31(37-43-29)38-13-15-42-16-14-38/h4-11,17-19,27,40H,1,12-16,20H2,2-3H3,(H2,33,34,35)/t27-/m1/s1. The maximum atomic E-state index is 13.0. The van der Waals surface area contributed by atoms with E-state index < -0.39 is 5.54 Å². The minimum Gasteiger partial charge on any atom is -0.394 e. The number of amides is 1. The lowest BCUT2D eigenvalue weighted by molar-refractivity contribution is 0.0652. The predicted molar refractivity (Wildman–Crippen MR) is 164 cm³/mol. The number of aliphatic hydroxyl groups is 1. The second-order valence-electron chi connectivity index (χ2n) is 11.1. The van der Waals surface area contributed by atoms with Gasteiger partial charge in [-0.15, -0.1) is 6.58 Å². The van der Waals surface area contributed by atoms with Crippen LogP contribution in [-0.2, 0) is 10.3 Å². The van der Waals surface area contributed by atoms with Crippen molar-refractivity contribution in [2.75, 3.05) is 55.0 Å². The Kier molecular flexibility index (Phi) is 7.83. The smallest absolute Gasteiger partial charge is 0.266 e. The van der Waals surface area contributed by atoms with E-state index >= 15 is 0 Å². The molecular formula is C32H35N7O4. The summed E-state index contributed by atoms with van der Waals surface area (Å²) in [7, 11) is 0. The van der Waals surface area contributed by atoms with Gasteiger partial charge >= 0.3 is 0 Å². The Bertz CT molecular complexity index is 1620. The average molecular weight is 582 g/mol. The summed E-state index contributed by atoms with van der Waals surface area (Å²) in [5, 5.41) is 21.3. The highest BCUT2D eigenvalue weighted by molar-refractivity contribution is 6.00. The molecule has 4 aromatic rings. The number of carbonyl (C=O) groups is 1. The Hall–Kier alpha value is -4.74. The first-order chi connectivity index (χ1) is 20.9. The fraction of sp³-hybridized carbons (Fsp3) is 0.312. The van der Waals surface area contributed by atoms with Gasteiger partial charge in [-0.1, -0.05) is 36.4 Å². The van der Waals surface area contributed by atoms with Crippen molar-refractivity contribution >= 4 is 29.0 Å². The van der Waals surface area contributed by atoms with E-state index in [-0.39, 0.29) is 18.6 Å². The molecule has 1 fully saturated rings. The van der Waals surface area contributed by atoms with Crippen LogP contribution in [0.2, 0.25) is 0 Å². The quantitative estimate of drug-likeness (QED) is 0.226. The number of hydrogen-bond acceptors (Lipinski definition) is 10.